The molecular formula is C33H21ClN2O5. The first-order chi connectivity index (χ1) is 19.9. The van der Waals surface area contributed by atoms with Crippen molar-refractivity contribution in [1.82, 2.24) is 0 Å². The molecule has 3 atom stereocenters. The summed E-state index contributed by atoms with van der Waals surface area (Å²) in [6.07, 6.45) is 3.72. The summed E-state index contributed by atoms with van der Waals surface area (Å²) in [5.74, 6) is -2.05. The van der Waals surface area contributed by atoms with E-state index in [2.05, 4.69) is 0 Å². The fourth-order valence-electron chi connectivity index (χ4n) is 6.91. The smallest absolute Gasteiger partial charge is 0.269 e. The highest BCUT2D eigenvalue weighted by atomic mass is 35.5. The van der Waals surface area contributed by atoms with E-state index in [1.807, 2.05) is 41.3 Å². The Bertz CT molecular complexity index is 1790. The van der Waals surface area contributed by atoms with Crippen molar-refractivity contribution in [2.45, 2.75) is 18.0 Å². The van der Waals surface area contributed by atoms with E-state index in [1.165, 1.54) is 12.1 Å². The molecule has 0 unspecified atom stereocenters. The van der Waals surface area contributed by atoms with E-state index in [4.69, 9.17) is 11.6 Å². The van der Waals surface area contributed by atoms with Crippen molar-refractivity contribution < 1.29 is 19.3 Å². The number of carbonyl (C=O) groups excluding carboxylic acids is 3. The first kappa shape index (κ1) is 25.1. The van der Waals surface area contributed by atoms with Gasteiger partial charge in [0.25, 0.3) is 5.69 Å². The van der Waals surface area contributed by atoms with Crippen LogP contribution in [0.25, 0.3) is 6.08 Å². The summed E-state index contributed by atoms with van der Waals surface area (Å²) in [5, 5.41) is 11.7. The summed E-state index contributed by atoms with van der Waals surface area (Å²) in [4.78, 5) is 56.7. The minimum Gasteiger partial charge on any atom is -0.352 e. The first-order valence-corrected chi connectivity index (χ1v) is 13.5. The van der Waals surface area contributed by atoms with Crippen LogP contribution >= 0.6 is 11.6 Å². The van der Waals surface area contributed by atoms with Gasteiger partial charge in [-0.15, -0.1) is 0 Å². The van der Waals surface area contributed by atoms with E-state index < -0.39 is 28.3 Å². The Hall–Kier alpha value is -4.88. The second-order valence-electron chi connectivity index (χ2n) is 10.5. The van der Waals surface area contributed by atoms with Gasteiger partial charge in [0.05, 0.1) is 16.0 Å². The number of hydrogen-bond donors (Lipinski definition) is 0. The average Bonchev–Trinajstić information content (AvgIpc) is 3.43. The van der Waals surface area contributed by atoms with Crippen LogP contribution in [0.3, 0.4) is 0 Å². The number of anilines is 1. The third kappa shape index (κ3) is 3.36. The van der Waals surface area contributed by atoms with E-state index in [9.17, 15) is 24.5 Å². The predicted molar refractivity (Wildman–Crippen MR) is 155 cm³/mol. The molecule has 7 rings (SSSR count). The van der Waals surface area contributed by atoms with Crippen LogP contribution in [0.2, 0.25) is 5.02 Å². The van der Waals surface area contributed by atoms with Crippen molar-refractivity contribution in [3.63, 3.8) is 0 Å². The van der Waals surface area contributed by atoms with Crippen LogP contribution in [0, 0.1) is 15.5 Å². The standard InChI is InChI=1S/C33H21ClN2O5/c34-25-11-5-4-10-24(25)30(37)29-28(20-13-16-21(17-14-20)36(40)41)33(31(38)22-8-2-3-9-23(22)32(33)39)27-18-15-19-7-1-6-12-26(19)35(27)29/h1-18,27-29H/t27-,28-,29+/m1/s1. The van der Waals surface area contributed by atoms with Crippen LogP contribution in [0.5, 0.6) is 0 Å². The van der Waals surface area contributed by atoms with E-state index >= 15 is 0 Å². The number of nitro groups is 1. The van der Waals surface area contributed by atoms with Gasteiger partial charge in [0.2, 0.25) is 0 Å². The Morgan fingerprint density at radius 3 is 2.10 bits per heavy atom. The molecule has 1 fully saturated rings. The maximum Gasteiger partial charge on any atom is 0.269 e. The number of fused-ring (bicyclic) bond motifs is 5. The fourth-order valence-corrected chi connectivity index (χ4v) is 7.14. The molecule has 1 spiro atoms. The van der Waals surface area contributed by atoms with E-state index in [0.29, 0.717) is 22.4 Å². The predicted octanol–water partition coefficient (Wildman–Crippen LogP) is 6.56. The molecule has 4 aromatic rings. The lowest BCUT2D eigenvalue weighted by Crippen LogP contribution is -2.48. The van der Waals surface area contributed by atoms with Gasteiger partial charge in [-0.05, 0) is 29.3 Å². The number of nitrogens with zero attached hydrogens (tertiary/aromatic N) is 2. The summed E-state index contributed by atoms with van der Waals surface area (Å²) < 4.78 is 0. The van der Waals surface area contributed by atoms with Crippen LogP contribution < -0.4 is 4.90 Å². The highest BCUT2D eigenvalue weighted by molar-refractivity contribution is 6.35. The van der Waals surface area contributed by atoms with Crippen molar-refractivity contribution in [3.8, 4) is 0 Å². The number of halogens is 1. The van der Waals surface area contributed by atoms with Crippen molar-refractivity contribution in [1.29, 1.82) is 0 Å². The molecule has 4 aromatic carbocycles. The zero-order valence-corrected chi connectivity index (χ0v) is 22.2. The summed E-state index contributed by atoms with van der Waals surface area (Å²) in [6, 6.07) is 24.9. The average molecular weight is 561 g/mol. The van der Waals surface area contributed by atoms with Gasteiger partial charge in [0, 0.05) is 40.4 Å². The molecule has 200 valence electrons. The Labute approximate surface area is 239 Å². The number of non-ortho nitro benzene ring substituents is 1. The number of hydrogen-bond acceptors (Lipinski definition) is 6. The summed E-state index contributed by atoms with van der Waals surface area (Å²) in [7, 11) is 0. The number of rotatable bonds is 4. The van der Waals surface area contributed by atoms with Crippen LogP contribution in [-0.4, -0.2) is 34.4 Å². The van der Waals surface area contributed by atoms with E-state index in [-0.39, 0.29) is 33.6 Å². The molecule has 0 bridgehead atoms. The van der Waals surface area contributed by atoms with E-state index in [1.54, 1.807) is 60.7 Å². The van der Waals surface area contributed by atoms with Crippen LogP contribution in [-0.2, 0) is 0 Å². The molecule has 41 heavy (non-hydrogen) atoms. The maximum atomic E-state index is 14.6. The van der Waals surface area contributed by atoms with Crippen molar-refractivity contribution >= 4 is 46.4 Å². The molecule has 1 aliphatic carbocycles. The summed E-state index contributed by atoms with van der Waals surface area (Å²) in [5.41, 5.74) is 1.10. The highest BCUT2D eigenvalue weighted by Gasteiger charge is 2.71. The number of nitro benzene ring substituents is 1. The Morgan fingerprint density at radius 2 is 1.44 bits per heavy atom. The Balaban J connectivity index is 1.55. The molecule has 1 saturated heterocycles. The molecule has 0 aromatic heterocycles. The second kappa shape index (κ2) is 9.08. The maximum absolute atomic E-state index is 14.6. The quantitative estimate of drug-likeness (QED) is 0.121. The molecule has 7 nitrogen and oxygen atoms in total. The first-order valence-electron chi connectivity index (χ1n) is 13.1. The topological polar surface area (TPSA) is 97.6 Å². The van der Waals surface area contributed by atoms with Gasteiger partial charge in [-0.2, -0.15) is 0 Å². The zero-order valence-electron chi connectivity index (χ0n) is 21.4. The molecule has 0 saturated carbocycles. The lowest BCUT2D eigenvalue weighted by Gasteiger charge is -2.37. The molecule has 2 heterocycles. The van der Waals surface area contributed by atoms with Gasteiger partial charge in [-0.1, -0.05) is 90.5 Å². The van der Waals surface area contributed by atoms with Crippen molar-refractivity contribution in [2.75, 3.05) is 4.90 Å². The third-order valence-electron chi connectivity index (χ3n) is 8.58. The SMILES string of the molecule is O=C(c1ccccc1Cl)[C@@H]1[C@@H](c2ccc([N+](=O)[O-])cc2)C2(C(=O)c3ccccc3C2=O)[C@H]2C=Cc3ccccc3N12. The lowest BCUT2D eigenvalue weighted by atomic mass is 9.64. The molecule has 3 aliphatic rings. The normalized spacial score (nSPS) is 21.5. The number of benzene rings is 4. The minimum absolute atomic E-state index is 0.134. The number of ketones is 3. The van der Waals surface area contributed by atoms with Crippen molar-refractivity contribution in [3.05, 3.63) is 146 Å². The Kier molecular flexibility index (Phi) is 5.56. The highest BCUT2D eigenvalue weighted by Crippen LogP contribution is 2.61. The second-order valence-corrected chi connectivity index (χ2v) is 10.9. The van der Waals surface area contributed by atoms with E-state index in [0.717, 1.165) is 5.56 Å². The van der Waals surface area contributed by atoms with Crippen LogP contribution in [0.4, 0.5) is 11.4 Å². The van der Waals surface area contributed by atoms with Gasteiger partial charge in [0.1, 0.15) is 11.5 Å². The molecule has 8 heteroatoms. The minimum atomic E-state index is -1.69. The number of para-hydroxylation sites is 1. The third-order valence-corrected chi connectivity index (χ3v) is 8.91. The lowest BCUT2D eigenvalue weighted by molar-refractivity contribution is -0.384. The molecule has 2 aliphatic heterocycles. The van der Waals surface area contributed by atoms with Gasteiger partial charge in [-0.3, -0.25) is 24.5 Å². The van der Waals surface area contributed by atoms with Gasteiger partial charge in [-0.25, -0.2) is 0 Å². The van der Waals surface area contributed by atoms with Gasteiger partial charge >= 0.3 is 0 Å². The number of Topliss-reactive ketones (excluding diaryl/α,β-unsaturated/α-hetero) is 3. The fraction of sp³-hybridized carbons (Fsp3) is 0.121. The zero-order chi connectivity index (χ0) is 28.5. The Morgan fingerprint density at radius 1 is 0.829 bits per heavy atom. The summed E-state index contributed by atoms with van der Waals surface area (Å²) in [6.45, 7) is 0. The molecule has 0 radical (unpaired) electrons. The molecular weight excluding hydrogens is 540 g/mol. The van der Waals surface area contributed by atoms with Crippen LogP contribution in [0.1, 0.15) is 48.1 Å². The summed E-state index contributed by atoms with van der Waals surface area (Å²) >= 11 is 6.54. The van der Waals surface area contributed by atoms with Gasteiger partial charge in [0.15, 0.2) is 17.3 Å². The monoisotopic (exact) mass is 560 g/mol. The molecule has 0 N–H and O–H groups in total. The van der Waals surface area contributed by atoms with Crippen LogP contribution in [0.15, 0.2) is 103 Å². The van der Waals surface area contributed by atoms with Crippen molar-refractivity contribution in [2.24, 2.45) is 5.41 Å². The van der Waals surface area contributed by atoms with Gasteiger partial charge < -0.3 is 4.90 Å². The number of carbonyl (C=O) groups is 3. The molecule has 0 amide bonds. The largest absolute Gasteiger partial charge is 0.352 e.